The third-order valence-corrected chi connectivity index (χ3v) is 5.62. The highest BCUT2D eigenvalue weighted by atomic mass is 32.1. The lowest BCUT2D eigenvalue weighted by Crippen LogP contribution is -2.20. The number of hydrogen-bond acceptors (Lipinski definition) is 6. The average molecular weight is 376 g/mol. The van der Waals surface area contributed by atoms with E-state index < -0.39 is 11.9 Å². The number of anilines is 1. The Labute approximate surface area is 156 Å². The van der Waals surface area contributed by atoms with E-state index in [1.807, 2.05) is 26.8 Å². The summed E-state index contributed by atoms with van der Waals surface area (Å²) in [5.74, 6) is -0.0201. The molecule has 7 heteroatoms. The molecule has 1 N–H and O–H groups in total. The van der Waals surface area contributed by atoms with Crippen molar-refractivity contribution in [3.63, 3.8) is 0 Å². The molecule has 6 nitrogen and oxygen atoms in total. The predicted molar refractivity (Wildman–Crippen MR) is 99.6 cm³/mol. The van der Waals surface area contributed by atoms with E-state index in [9.17, 15) is 9.59 Å². The summed E-state index contributed by atoms with van der Waals surface area (Å²) < 4.78 is 10.2. The van der Waals surface area contributed by atoms with E-state index in [4.69, 9.17) is 9.26 Å². The molecule has 0 bridgehead atoms. The summed E-state index contributed by atoms with van der Waals surface area (Å²) in [5, 5.41) is 6.48. The minimum absolute atomic E-state index is 0.172. The van der Waals surface area contributed by atoms with Gasteiger partial charge < -0.3 is 9.26 Å². The molecule has 1 aliphatic rings. The first-order chi connectivity index (χ1) is 12.2. The molecule has 26 heavy (non-hydrogen) atoms. The summed E-state index contributed by atoms with van der Waals surface area (Å²) in [5.41, 5.74) is 1.80. The van der Waals surface area contributed by atoms with Crippen molar-refractivity contribution in [1.29, 1.82) is 0 Å². The summed E-state index contributed by atoms with van der Waals surface area (Å²) in [6.45, 7) is 7.86. The fraction of sp³-hybridized carbons (Fsp3) is 0.526. The van der Waals surface area contributed by atoms with Crippen molar-refractivity contribution in [3.8, 4) is 0 Å². The van der Waals surface area contributed by atoms with Crippen LogP contribution >= 0.6 is 11.3 Å². The molecule has 2 heterocycles. The van der Waals surface area contributed by atoms with Crippen LogP contribution in [-0.2, 0) is 27.8 Å². The van der Waals surface area contributed by atoms with Crippen LogP contribution in [0.25, 0.3) is 0 Å². The minimum Gasteiger partial charge on any atom is -0.451 e. The molecule has 0 fully saturated rings. The van der Waals surface area contributed by atoms with Crippen LogP contribution in [0.5, 0.6) is 0 Å². The van der Waals surface area contributed by atoms with Gasteiger partial charge in [-0.1, -0.05) is 32.9 Å². The van der Waals surface area contributed by atoms with E-state index in [1.54, 1.807) is 6.07 Å². The van der Waals surface area contributed by atoms with Gasteiger partial charge in [0.2, 0.25) is 5.88 Å². The lowest BCUT2D eigenvalue weighted by atomic mass is 9.90. The van der Waals surface area contributed by atoms with Crippen molar-refractivity contribution in [2.45, 2.75) is 52.4 Å². The highest BCUT2D eigenvalue weighted by molar-refractivity contribution is 7.14. The summed E-state index contributed by atoms with van der Waals surface area (Å²) in [6, 6.07) is 3.58. The van der Waals surface area contributed by atoms with Gasteiger partial charge >= 0.3 is 5.97 Å². The number of carbonyl (C=O) groups excluding carboxylic acids is 2. The number of fused-ring (bicyclic) bond motifs is 1. The maximum Gasteiger partial charge on any atom is 0.348 e. The number of carbonyl (C=O) groups is 2. The lowest BCUT2D eigenvalue weighted by Gasteiger charge is -2.16. The lowest BCUT2D eigenvalue weighted by molar-refractivity contribution is -0.119. The van der Waals surface area contributed by atoms with Crippen molar-refractivity contribution in [3.05, 3.63) is 33.1 Å². The third kappa shape index (κ3) is 4.33. The highest BCUT2D eigenvalue weighted by Crippen LogP contribution is 2.32. The van der Waals surface area contributed by atoms with Gasteiger partial charge in [-0.05, 0) is 36.8 Å². The van der Waals surface area contributed by atoms with E-state index in [0.29, 0.717) is 10.8 Å². The molecule has 1 atom stereocenters. The van der Waals surface area contributed by atoms with Crippen molar-refractivity contribution in [2.75, 3.05) is 11.9 Å². The van der Waals surface area contributed by atoms with E-state index >= 15 is 0 Å². The molecule has 0 aromatic carbocycles. The maximum atomic E-state index is 12.2. The monoisotopic (exact) mass is 376 g/mol. The molecular weight excluding hydrogens is 352 g/mol. The zero-order chi connectivity index (χ0) is 18.9. The molecule has 1 aliphatic carbocycles. The molecule has 0 unspecified atom stereocenters. The first kappa shape index (κ1) is 18.6. The highest BCUT2D eigenvalue weighted by Gasteiger charge is 2.22. The normalized spacial score (nSPS) is 16.8. The van der Waals surface area contributed by atoms with Crippen LogP contribution in [0.2, 0.25) is 0 Å². The summed E-state index contributed by atoms with van der Waals surface area (Å²) in [4.78, 5) is 26.0. The molecule has 1 amide bonds. The molecule has 3 rings (SSSR count). The number of thiophene rings is 1. The Morgan fingerprint density at radius 2 is 2.15 bits per heavy atom. The average Bonchev–Trinajstić information content (AvgIpc) is 3.18. The number of rotatable bonds is 4. The van der Waals surface area contributed by atoms with Gasteiger partial charge in [0.15, 0.2) is 6.61 Å². The predicted octanol–water partition coefficient (Wildman–Crippen LogP) is 3.95. The largest absolute Gasteiger partial charge is 0.451 e. The molecule has 0 spiro atoms. The SMILES string of the molecule is C[C@H]1CCc2sc(C(=O)OCC(=O)Nc3cc(C(C)(C)C)no3)cc2C1. The number of ether oxygens (including phenoxy) is 1. The minimum atomic E-state index is -0.458. The summed E-state index contributed by atoms with van der Waals surface area (Å²) in [6.07, 6.45) is 3.16. The van der Waals surface area contributed by atoms with Crippen LogP contribution in [0.1, 0.15) is 59.9 Å². The second-order valence-electron chi connectivity index (χ2n) is 7.86. The second kappa shape index (κ2) is 7.23. The van der Waals surface area contributed by atoms with Gasteiger partial charge in [0, 0.05) is 16.4 Å². The van der Waals surface area contributed by atoms with Gasteiger partial charge in [-0.3, -0.25) is 10.1 Å². The number of nitrogens with zero attached hydrogens (tertiary/aromatic N) is 1. The Kier molecular flexibility index (Phi) is 5.18. The van der Waals surface area contributed by atoms with Crippen LogP contribution in [0, 0.1) is 5.92 Å². The van der Waals surface area contributed by atoms with E-state index in [-0.39, 0.29) is 17.9 Å². The van der Waals surface area contributed by atoms with Gasteiger partial charge in [0.1, 0.15) is 4.88 Å². The fourth-order valence-electron chi connectivity index (χ4n) is 2.87. The van der Waals surface area contributed by atoms with E-state index in [1.165, 1.54) is 21.8 Å². The quantitative estimate of drug-likeness (QED) is 0.817. The molecule has 0 aliphatic heterocycles. The maximum absolute atomic E-state index is 12.2. The Bertz CT molecular complexity index is 816. The van der Waals surface area contributed by atoms with Gasteiger partial charge in [0.05, 0.1) is 5.69 Å². The van der Waals surface area contributed by atoms with Crippen molar-refractivity contribution in [2.24, 2.45) is 5.92 Å². The standard InChI is InChI=1S/C19H24N2O4S/c1-11-5-6-13-12(7-11)8-14(26-13)18(23)24-10-16(22)20-17-9-15(21-25-17)19(2,3)4/h8-9,11H,5-7,10H2,1-4H3,(H,20,22)/t11-/m0/s1. The van der Waals surface area contributed by atoms with Crippen LogP contribution < -0.4 is 5.32 Å². The Balaban J connectivity index is 1.53. The third-order valence-electron chi connectivity index (χ3n) is 4.41. The van der Waals surface area contributed by atoms with Crippen LogP contribution in [0.15, 0.2) is 16.7 Å². The number of nitrogens with one attached hydrogen (secondary N) is 1. The first-order valence-electron chi connectivity index (χ1n) is 8.78. The van der Waals surface area contributed by atoms with Crippen molar-refractivity contribution in [1.82, 2.24) is 5.16 Å². The molecular formula is C19H24N2O4S. The van der Waals surface area contributed by atoms with E-state index in [0.717, 1.165) is 25.0 Å². The second-order valence-corrected chi connectivity index (χ2v) is 8.99. The Hall–Kier alpha value is -2.15. The molecule has 0 saturated heterocycles. The molecule has 2 aromatic heterocycles. The molecule has 0 saturated carbocycles. The number of hydrogen-bond donors (Lipinski definition) is 1. The Morgan fingerprint density at radius 3 is 2.85 bits per heavy atom. The van der Waals surface area contributed by atoms with Crippen LogP contribution in [0.4, 0.5) is 5.88 Å². The topological polar surface area (TPSA) is 81.4 Å². The van der Waals surface area contributed by atoms with Crippen LogP contribution in [0.3, 0.4) is 0 Å². The van der Waals surface area contributed by atoms with Gasteiger partial charge in [-0.25, -0.2) is 4.79 Å². The first-order valence-corrected chi connectivity index (χ1v) is 9.60. The molecule has 0 radical (unpaired) electrons. The van der Waals surface area contributed by atoms with E-state index in [2.05, 4.69) is 17.4 Å². The zero-order valence-corrected chi connectivity index (χ0v) is 16.4. The van der Waals surface area contributed by atoms with Gasteiger partial charge in [0.25, 0.3) is 5.91 Å². The number of aryl methyl sites for hydroxylation is 1. The van der Waals surface area contributed by atoms with Gasteiger partial charge in [-0.2, -0.15) is 0 Å². The smallest absolute Gasteiger partial charge is 0.348 e. The number of aromatic nitrogens is 1. The van der Waals surface area contributed by atoms with Crippen LogP contribution in [-0.4, -0.2) is 23.6 Å². The summed E-state index contributed by atoms with van der Waals surface area (Å²) >= 11 is 1.47. The number of amides is 1. The molecule has 140 valence electrons. The number of esters is 1. The van der Waals surface area contributed by atoms with Crippen molar-refractivity contribution >= 4 is 29.1 Å². The van der Waals surface area contributed by atoms with Crippen molar-refractivity contribution < 1.29 is 18.8 Å². The molecule has 2 aromatic rings. The van der Waals surface area contributed by atoms with Gasteiger partial charge in [-0.15, -0.1) is 11.3 Å². The Morgan fingerprint density at radius 1 is 1.38 bits per heavy atom. The summed E-state index contributed by atoms with van der Waals surface area (Å²) in [7, 11) is 0. The fourth-order valence-corrected chi connectivity index (χ4v) is 3.97. The zero-order valence-electron chi connectivity index (χ0n) is 15.5.